The van der Waals surface area contributed by atoms with Crippen LogP contribution in [0.5, 0.6) is 0 Å². The summed E-state index contributed by atoms with van der Waals surface area (Å²) in [5.41, 5.74) is 0.970. The van der Waals surface area contributed by atoms with Gasteiger partial charge in [0.1, 0.15) is 0 Å². The number of rotatable bonds is 20. The van der Waals surface area contributed by atoms with Crippen LogP contribution in [0.25, 0.3) is 0 Å². The third-order valence-corrected chi connectivity index (χ3v) is 6.10. The van der Waals surface area contributed by atoms with Gasteiger partial charge in [0.25, 0.3) is 11.8 Å². The van der Waals surface area contributed by atoms with Gasteiger partial charge in [-0.2, -0.15) is 0 Å². The Labute approximate surface area is 194 Å². The monoisotopic (exact) mass is 445 g/mol. The van der Waals surface area contributed by atoms with Crippen LogP contribution in [0.3, 0.4) is 0 Å². The molecule has 5 nitrogen and oxygen atoms in total. The van der Waals surface area contributed by atoms with Crippen LogP contribution in [0.15, 0.2) is 24.3 Å². The second kappa shape index (κ2) is 16.8. The van der Waals surface area contributed by atoms with Crippen LogP contribution >= 0.6 is 0 Å². The van der Waals surface area contributed by atoms with Crippen LogP contribution in [-0.2, 0) is 9.47 Å². The van der Waals surface area contributed by atoms with E-state index in [1.54, 1.807) is 24.3 Å². The first-order chi connectivity index (χ1) is 15.8. The van der Waals surface area contributed by atoms with E-state index in [1.807, 2.05) is 0 Å². The Kier molecular flexibility index (Phi) is 14.0. The summed E-state index contributed by atoms with van der Waals surface area (Å²) in [5.74, 6) is -0.458. The van der Waals surface area contributed by atoms with E-state index in [0.29, 0.717) is 30.9 Å². The van der Waals surface area contributed by atoms with Crippen molar-refractivity contribution in [3.8, 4) is 0 Å². The van der Waals surface area contributed by atoms with Crippen molar-refractivity contribution in [2.75, 3.05) is 33.0 Å². The summed E-state index contributed by atoms with van der Waals surface area (Å²) >= 11 is 0. The predicted molar refractivity (Wildman–Crippen MR) is 129 cm³/mol. The first kappa shape index (κ1) is 26.5. The zero-order valence-corrected chi connectivity index (χ0v) is 20.1. The Morgan fingerprint density at radius 2 is 1.03 bits per heavy atom. The van der Waals surface area contributed by atoms with Crippen LogP contribution in [0.4, 0.5) is 0 Å². The average Bonchev–Trinajstić information content (AvgIpc) is 3.05. The lowest BCUT2D eigenvalue weighted by molar-refractivity contribution is 0.0346. The summed E-state index contributed by atoms with van der Waals surface area (Å²) in [6, 6.07) is 6.94. The zero-order chi connectivity index (χ0) is 22.9. The molecule has 0 aromatic heterocycles. The highest BCUT2D eigenvalue weighted by molar-refractivity contribution is 6.21. The van der Waals surface area contributed by atoms with Gasteiger partial charge in [-0.3, -0.25) is 14.5 Å². The molecule has 1 aromatic rings. The minimum Gasteiger partial charge on any atom is -0.379 e. The van der Waals surface area contributed by atoms with Crippen LogP contribution in [0, 0.1) is 0 Å². The van der Waals surface area contributed by atoms with Gasteiger partial charge in [-0.1, -0.05) is 96.1 Å². The second-order valence-corrected chi connectivity index (χ2v) is 8.77. The van der Waals surface area contributed by atoms with Gasteiger partial charge in [0, 0.05) is 6.61 Å². The quantitative estimate of drug-likeness (QED) is 0.172. The van der Waals surface area contributed by atoms with Gasteiger partial charge >= 0.3 is 0 Å². The Balaban J connectivity index is 1.32. The van der Waals surface area contributed by atoms with Crippen molar-refractivity contribution in [3.63, 3.8) is 0 Å². The van der Waals surface area contributed by atoms with Gasteiger partial charge in [-0.25, -0.2) is 0 Å². The Morgan fingerprint density at radius 3 is 1.53 bits per heavy atom. The molecule has 0 spiro atoms. The SMILES string of the molecule is CCCCCCCCCCCCCCCOCCOCCN1C(=O)c2ccccc2C1=O. The molecule has 0 atom stereocenters. The van der Waals surface area contributed by atoms with Gasteiger partial charge in [0.2, 0.25) is 0 Å². The van der Waals surface area contributed by atoms with Gasteiger partial charge in [0.05, 0.1) is 37.5 Å². The van der Waals surface area contributed by atoms with Crippen molar-refractivity contribution in [3.05, 3.63) is 35.4 Å². The number of hydrogen-bond acceptors (Lipinski definition) is 4. The highest BCUT2D eigenvalue weighted by Gasteiger charge is 2.34. The van der Waals surface area contributed by atoms with Gasteiger partial charge in [-0.15, -0.1) is 0 Å². The maximum atomic E-state index is 12.3. The number of amides is 2. The molecular formula is C27H43NO4. The predicted octanol–water partition coefficient (Wildman–Crippen LogP) is 6.41. The van der Waals surface area contributed by atoms with E-state index in [9.17, 15) is 9.59 Å². The number of carbonyl (C=O) groups is 2. The largest absolute Gasteiger partial charge is 0.379 e. The fraction of sp³-hybridized carbons (Fsp3) is 0.704. The van der Waals surface area contributed by atoms with Gasteiger partial charge in [0.15, 0.2) is 0 Å². The van der Waals surface area contributed by atoms with Crippen molar-refractivity contribution < 1.29 is 19.1 Å². The number of imide groups is 1. The lowest BCUT2D eigenvalue weighted by atomic mass is 10.0. The summed E-state index contributed by atoms with van der Waals surface area (Å²) in [6.07, 6.45) is 17.6. The molecule has 180 valence electrons. The van der Waals surface area contributed by atoms with Crippen LogP contribution < -0.4 is 0 Å². The summed E-state index contributed by atoms with van der Waals surface area (Å²) in [4.78, 5) is 25.8. The minimum atomic E-state index is -0.229. The molecular weight excluding hydrogens is 402 g/mol. The van der Waals surface area contributed by atoms with E-state index in [1.165, 1.54) is 81.9 Å². The first-order valence-corrected chi connectivity index (χ1v) is 12.9. The van der Waals surface area contributed by atoms with E-state index in [4.69, 9.17) is 9.47 Å². The summed E-state index contributed by atoms with van der Waals surface area (Å²) in [6.45, 7) is 4.72. The second-order valence-electron chi connectivity index (χ2n) is 8.77. The Morgan fingerprint density at radius 1 is 0.594 bits per heavy atom. The lowest BCUT2D eigenvalue weighted by Gasteiger charge is -2.13. The number of hydrogen-bond donors (Lipinski definition) is 0. The number of fused-ring (bicyclic) bond motifs is 1. The van der Waals surface area contributed by atoms with Crippen molar-refractivity contribution >= 4 is 11.8 Å². The molecule has 0 N–H and O–H groups in total. The molecule has 0 radical (unpaired) electrons. The standard InChI is InChI=1S/C27H43NO4/c1-2-3-4-5-6-7-8-9-10-11-12-13-16-20-31-22-23-32-21-19-28-26(29)24-17-14-15-18-25(24)27(28)30/h14-15,17-18H,2-13,16,19-23H2,1H3. The highest BCUT2D eigenvalue weighted by atomic mass is 16.5. The number of carbonyl (C=O) groups excluding carboxylic acids is 2. The number of ether oxygens (including phenoxy) is 2. The molecule has 0 saturated heterocycles. The van der Waals surface area contributed by atoms with Crippen molar-refractivity contribution in [1.82, 2.24) is 4.90 Å². The molecule has 1 aliphatic heterocycles. The third-order valence-electron chi connectivity index (χ3n) is 6.10. The number of nitrogens with zero attached hydrogens (tertiary/aromatic N) is 1. The molecule has 1 aliphatic rings. The first-order valence-electron chi connectivity index (χ1n) is 12.9. The molecule has 1 aromatic carbocycles. The molecule has 1 heterocycles. The Bertz CT molecular complexity index is 626. The third kappa shape index (κ3) is 9.83. The van der Waals surface area contributed by atoms with Gasteiger partial charge < -0.3 is 9.47 Å². The number of benzene rings is 1. The van der Waals surface area contributed by atoms with E-state index < -0.39 is 0 Å². The fourth-order valence-electron chi connectivity index (χ4n) is 4.14. The fourth-order valence-corrected chi connectivity index (χ4v) is 4.14. The highest BCUT2D eigenvalue weighted by Crippen LogP contribution is 2.21. The van der Waals surface area contributed by atoms with E-state index in [-0.39, 0.29) is 18.4 Å². The minimum absolute atomic E-state index is 0.229. The molecule has 5 heteroatoms. The van der Waals surface area contributed by atoms with Crippen molar-refractivity contribution in [2.24, 2.45) is 0 Å². The van der Waals surface area contributed by atoms with Gasteiger partial charge in [-0.05, 0) is 18.6 Å². The van der Waals surface area contributed by atoms with E-state index in [2.05, 4.69) is 6.92 Å². The normalized spacial score (nSPS) is 13.2. The maximum absolute atomic E-state index is 12.3. The summed E-state index contributed by atoms with van der Waals surface area (Å²) < 4.78 is 11.2. The molecule has 2 amide bonds. The zero-order valence-electron chi connectivity index (χ0n) is 20.1. The molecule has 0 unspecified atom stereocenters. The average molecular weight is 446 g/mol. The van der Waals surface area contributed by atoms with E-state index >= 15 is 0 Å². The molecule has 0 bridgehead atoms. The van der Waals surface area contributed by atoms with Crippen LogP contribution in [0.2, 0.25) is 0 Å². The topological polar surface area (TPSA) is 55.8 Å². The number of unbranched alkanes of at least 4 members (excludes halogenated alkanes) is 12. The van der Waals surface area contributed by atoms with Crippen molar-refractivity contribution in [2.45, 2.75) is 90.4 Å². The van der Waals surface area contributed by atoms with Crippen LogP contribution in [-0.4, -0.2) is 49.7 Å². The molecule has 0 aliphatic carbocycles. The molecule has 0 fully saturated rings. The van der Waals surface area contributed by atoms with Crippen molar-refractivity contribution in [1.29, 1.82) is 0 Å². The maximum Gasteiger partial charge on any atom is 0.261 e. The lowest BCUT2D eigenvalue weighted by Crippen LogP contribution is -2.33. The summed E-state index contributed by atoms with van der Waals surface area (Å²) in [7, 11) is 0. The Hall–Kier alpha value is -1.72. The smallest absolute Gasteiger partial charge is 0.261 e. The molecule has 32 heavy (non-hydrogen) atoms. The molecule has 0 saturated carbocycles. The summed E-state index contributed by atoms with van der Waals surface area (Å²) in [5, 5.41) is 0. The van der Waals surface area contributed by atoms with E-state index in [0.717, 1.165) is 13.0 Å². The molecule has 2 rings (SSSR count). The van der Waals surface area contributed by atoms with Crippen LogP contribution in [0.1, 0.15) is 111 Å².